The summed E-state index contributed by atoms with van der Waals surface area (Å²) >= 11 is 6.19. The van der Waals surface area contributed by atoms with Crippen molar-refractivity contribution < 1.29 is 9.53 Å². The van der Waals surface area contributed by atoms with Gasteiger partial charge in [0, 0.05) is 49.2 Å². The topological polar surface area (TPSA) is 70.8 Å². The molecule has 0 unspecified atom stereocenters. The number of hydrogen-bond acceptors (Lipinski definition) is 5. The predicted octanol–water partition coefficient (Wildman–Crippen LogP) is 4.15. The molecule has 1 aliphatic carbocycles. The van der Waals surface area contributed by atoms with Gasteiger partial charge in [-0.15, -0.1) is 0 Å². The maximum atomic E-state index is 13.0. The molecular formula is C28H32ClN5O2. The highest BCUT2D eigenvalue weighted by Crippen LogP contribution is 2.55. The Labute approximate surface area is 218 Å². The lowest BCUT2D eigenvalue weighted by atomic mass is 9.49. The highest BCUT2D eigenvalue weighted by atomic mass is 35.5. The average Bonchev–Trinajstić information content (AvgIpc) is 2.86. The van der Waals surface area contributed by atoms with E-state index in [2.05, 4.69) is 64.9 Å². The van der Waals surface area contributed by atoms with Crippen LogP contribution in [-0.2, 0) is 0 Å². The highest BCUT2D eigenvalue weighted by molar-refractivity contribution is 6.33. The summed E-state index contributed by atoms with van der Waals surface area (Å²) in [6, 6.07) is 8.54. The zero-order valence-electron chi connectivity index (χ0n) is 21.2. The summed E-state index contributed by atoms with van der Waals surface area (Å²) in [6.07, 6.45) is 1.43. The zero-order valence-corrected chi connectivity index (χ0v) is 21.9. The first-order chi connectivity index (χ1) is 17.1. The van der Waals surface area contributed by atoms with Crippen molar-refractivity contribution in [3.63, 3.8) is 0 Å². The van der Waals surface area contributed by atoms with Crippen LogP contribution in [0.4, 0.5) is 5.69 Å². The average molecular weight is 506 g/mol. The van der Waals surface area contributed by atoms with Crippen LogP contribution in [0.15, 0.2) is 36.5 Å². The molecule has 1 aromatic heterocycles. The van der Waals surface area contributed by atoms with Crippen molar-refractivity contribution >= 4 is 23.2 Å². The Balaban J connectivity index is 1.37. The number of piperazine rings is 1. The molecule has 0 spiro atoms. The number of rotatable bonds is 5. The minimum Gasteiger partial charge on any atom is -0.489 e. The van der Waals surface area contributed by atoms with E-state index in [4.69, 9.17) is 22.9 Å². The van der Waals surface area contributed by atoms with Gasteiger partial charge in [0.2, 0.25) is 5.69 Å². The largest absolute Gasteiger partial charge is 0.489 e. The van der Waals surface area contributed by atoms with E-state index in [1.807, 2.05) is 0 Å². The normalized spacial score (nSPS) is 22.3. The van der Waals surface area contributed by atoms with Crippen LogP contribution < -0.4 is 15.4 Å². The Kier molecular flexibility index (Phi) is 7.57. The lowest BCUT2D eigenvalue weighted by Gasteiger charge is -2.63. The SMILES string of the molecule is [C-]#[N+]c1ccc(OC2C(C)(C)C(NC(=O)c3ccc(C#CCN4CCNCC4)nc3)C2(C)C)cc1Cl. The number of carbonyl (C=O) groups excluding carboxylic acids is 1. The van der Waals surface area contributed by atoms with Crippen molar-refractivity contribution in [3.8, 4) is 17.6 Å². The molecule has 4 rings (SSSR count). The van der Waals surface area contributed by atoms with E-state index in [1.54, 1.807) is 36.5 Å². The van der Waals surface area contributed by atoms with Gasteiger partial charge in [-0.1, -0.05) is 51.3 Å². The minimum absolute atomic E-state index is 0.112. The molecule has 188 valence electrons. The lowest BCUT2D eigenvalue weighted by molar-refractivity contribution is -0.164. The lowest BCUT2D eigenvalue weighted by Crippen LogP contribution is -2.74. The zero-order chi connectivity index (χ0) is 25.9. The number of nitrogens with one attached hydrogen (secondary N) is 2. The third-order valence-corrected chi connectivity index (χ3v) is 7.47. The van der Waals surface area contributed by atoms with E-state index in [0.717, 1.165) is 32.7 Å². The number of halogens is 1. The Bertz CT molecular complexity index is 1200. The van der Waals surface area contributed by atoms with Gasteiger partial charge in [0.1, 0.15) is 17.5 Å². The molecule has 36 heavy (non-hydrogen) atoms. The second-order valence-electron chi connectivity index (χ2n) is 10.5. The van der Waals surface area contributed by atoms with E-state index in [1.165, 1.54) is 0 Å². The first-order valence-corrected chi connectivity index (χ1v) is 12.5. The summed E-state index contributed by atoms with van der Waals surface area (Å²) < 4.78 is 6.30. The van der Waals surface area contributed by atoms with E-state index >= 15 is 0 Å². The number of aromatic nitrogens is 1. The number of nitrogens with zero attached hydrogens (tertiary/aromatic N) is 3. The summed E-state index contributed by atoms with van der Waals surface area (Å²) in [5, 5.41) is 6.89. The van der Waals surface area contributed by atoms with Crippen LogP contribution >= 0.6 is 11.6 Å². The first-order valence-electron chi connectivity index (χ1n) is 12.2. The van der Waals surface area contributed by atoms with Crippen molar-refractivity contribution in [1.29, 1.82) is 0 Å². The Morgan fingerprint density at radius 1 is 1.25 bits per heavy atom. The molecule has 0 atom stereocenters. The van der Waals surface area contributed by atoms with Gasteiger partial charge in [-0.3, -0.25) is 9.69 Å². The van der Waals surface area contributed by atoms with E-state index in [9.17, 15) is 4.79 Å². The number of amides is 1. The van der Waals surface area contributed by atoms with E-state index in [-0.39, 0.29) is 28.9 Å². The van der Waals surface area contributed by atoms with Crippen LogP contribution in [0.3, 0.4) is 0 Å². The van der Waals surface area contributed by atoms with Crippen molar-refractivity contribution in [3.05, 3.63) is 64.2 Å². The molecule has 0 bridgehead atoms. The molecule has 2 heterocycles. The predicted molar refractivity (Wildman–Crippen MR) is 141 cm³/mol. The molecule has 0 radical (unpaired) electrons. The summed E-state index contributed by atoms with van der Waals surface area (Å²) in [5.41, 5.74) is 0.897. The summed E-state index contributed by atoms with van der Waals surface area (Å²) in [6.45, 7) is 20.2. The molecule has 1 aromatic carbocycles. The van der Waals surface area contributed by atoms with E-state index in [0.29, 0.717) is 27.7 Å². The molecule has 1 saturated carbocycles. The number of hydrogen-bond donors (Lipinski definition) is 2. The fourth-order valence-corrected chi connectivity index (χ4v) is 5.73. The quantitative estimate of drug-likeness (QED) is 0.472. The van der Waals surface area contributed by atoms with E-state index < -0.39 is 0 Å². The fraction of sp³-hybridized carbons (Fsp3) is 0.464. The number of ether oxygens (including phenoxy) is 1. The summed E-state index contributed by atoms with van der Waals surface area (Å²) in [4.78, 5) is 23.1. The molecular weight excluding hydrogens is 474 g/mol. The smallest absolute Gasteiger partial charge is 0.253 e. The Hall–Kier alpha value is -3.10. The van der Waals surface area contributed by atoms with Gasteiger partial charge in [0.05, 0.1) is 23.7 Å². The maximum Gasteiger partial charge on any atom is 0.253 e. The van der Waals surface area contributed by atoms with Gasteiger partial charge in [-0.05, 0) is 30.2 Å². The molecule has 1 amide bonds. The van der Waals surface area contributed by atoms with Crippen LogP contribution in [0.25, 0.3) is 4.85 Å². The third-order valence-electron chi connectivity index (χ3n) is 7.16. The van der Waals surface area contributed by atoms with Gasteiger partial charge in [0.15, 0.2) is 0 Å². The molecule has 8 heteroatoms. The van der Waals surface area contributed by atoms with Crippen molar-refractivity contribution in [2.75, 3.05) is 32.7 Å². The molecule has 2 N–H and O–H groups in total. The fourth-order valence-electron chi connectivity index (χ4n) is 5.52. The van der Waals surface area contributed by atoms with Crippen molar-refractivity contribution in [2.45, 2.75) is 39.8 Å². The van der Waals surface area contributed by atoms with Crippen molar-refractivity contribution in [2.24, 2.45) is 10.8 Å². The van der Waals surface area contributed by atoms with Crippen LogP contribution in [0, 0.1) is 29.2 Å². The molecule has 2 aliphatic rings. The van der Waals surface area contributed by atoms with Crippen LogP contribution in [-0.4, -0.2) is 60.7 Å². The number of pyridine rings is 1. The Morgan fingerprint density at radius 3 is 2.58 bits per heavy atom. The van der Waals surface area contributed by atoms with Crippen LogP contribution in [0.2, 0.25) is 5.02 Å². The van der Waals surface area contributed by atoms with Crippen LogP contribution in [0.1, 0.15) is 43.7 Å². The maximum absolute atomic E-state index is 13.0. The third kappa shape index (κ3) is 5.34. The van der Waals surface area contributed by atoms with Gasteiger partial charge in [-0.25, -0.2) is 9.83 Å². The molecule has 7 nitrogen and oxygen atoms in total. The Morgan fingerprint density at radius 2 is 1.97 bits per heavy atom. The molecule has 1 saturated heterocycles. The second-order valence-corrected chi connectivity index (χ2v) is 10.9. The summed E-state index contributed by atoms with van der Waals surface area (Å²) in [7, 11) is 0. The molecule has 2 aromatic rings. The minimum atomic E-state index is -0.326. The molecule has 1 aliphatic heterocycles. The first kappa shape index (κ1) is 26.0. The summed E-state index contributed by atoms with van der Waals surface area (Å²) in [5.74, 6) is 6.71. The number of benzene rings is 1. The number of carbonyl (C=O) groups is 1. The van der Waals surface area contributed by atoms with Gasteiger partial charge in [0.25, 0.3) is 5.91 Å². The highest BCUT2D eigenvalue weighted by Gasteiger charge is 2.64. The van der Waals surface area contributed by atoms with Crippen LogP contribution in [0.5, 0.6) is 5.75 Å². The van der Waals surface area contributed by atoms with Gasteiger partial charge < -0.3 is 15.4 Å². The second kappa shape index (κ2) is 10.5. The standard InChI is InChI=1S/C28H32ClN5O2/c1-27(2)25(28(3,4)26(27)36-21-10-11-23(30-5)22(29)17-21)33-24(35)19-8-9-20(32-18-19)7-6-14-34-15-12-31-13-16-34/h8-11,17-18,25-26,31H,12-16H2,1-4H3,(H,33,35). The van der Waals surface area contributed by atoms with Gasteiger partial charge in [-0.2, -0.15) is 0 Å². The van der Waals surface area contributed by atoms with Crippen molar-refractivity contribution in [1.82, 2.24) is 20.5 Å². The monoisotopic (exact) mass is 505 g/mol. The van der Waals surface area contributed by atoms with Gasteiger partial charge >= 0.3 is 0 Å². The molecule has 2 fully saturated rings.